The van der Waals surface area contributed by atoms with Crippen LogP contribution in [0, 0.1) is 0 Å². The van der Waals surface area contributed by atoms with Crippen LogP contribution in [0.1, 0.15) is 27.7 Å². The molecular weight excluding hydrogens is 246 g/mol. The van der Waals surface area contributed by atoms with Gasteiger partial charge in [0.15, 0.2) is 0 Å². The molecule has 0 aliphatic heterocycles. The fourth-order valence-electron chi connectivity index (χ4n) is 1.47. The molecular formula is C14H19NO4. The molecule has 0 aromatic heterocycles. The molecule has 19 heavy (non-hydrogen) atoms. The zero-order valence-electron chi connectivity index (χ0n) is 12.1. The molecule has 104 valence electrons. The number of carboxylic acid groups (broad SMARTS) is 1. The fraction of sp³-hybridized carbons (Fsp3) is 0.429. The summed E-state index contributed by atoms with van der Waals surface area (Å²) in [5, 5.41) is 11.4. The number of carbonyl (C=O) groups is 2. The number of hydrogen-bond acceptors (Lipinski definition) is 3. The van der Waals surface area contributed by atoms with E-state index in [0.29, 0.717) is 0 Å². The number of hydrogen-bond donors (Lipinski definition) is 2. The smallest absolute Gasteiger partial charge is 0.408 e. The molecule has 1 aromatic rings. The van der Waals surface area contributed by atoms with E-state index < -0.39 is 23.7 Å². The molecule has 0 saturated carbocycles. The lowest BCUT2D eigenvalue weighted by Crippen LogP contribution is -2.44. The molecule has 0 aliphatic rings. The maximum Gasteiger partial charge on any atom is 0.408 e. The van der Waals surface area contributed by atoms with Crippen molar-refractivity contribution >= 4 is 12.1 Å². The van der Waals surface area contributed by atoms with E-state index >= 15 is 0 Å². The molecule has 1 atom stereocenters. The summed E-state index contributed by atoms with van der Waals surface area (Å²) in [5.41, 5.74) is -0.139. The Bertz CT molecular complexity index is 462. The maximum absolute atomic E-state index is 11.6. The van der Waals surface area contributed by atoms with Crippen LogP contribution in [-0.2, 0) is 16.0 Å². The Morgan fingerprint density at radius 1 is 1.42 bits per heavy atom. The van der Waals surface area contributed by atoms with E-state index in [9.17, 15) is 9.59 Å². The Kier molecular flexibility index (Phi) is 4.39. The van der Waals surface area contributed by atoms with Gasteiger partial charge >= 0.3 is 12.1 Å². The van der Waals surface area contributed by atoms with Crippen molar-refractivity contribution in [1.29, 1.82) is 0 Å². The zero-order valence-corrected chi connectivity index (χ0v) is 11.1. The number of nitrogens with one attached hydrogen (secondary N) is 1. The van der Waals surface area contributed by atoms with Gasteiger partial charge in [0, 0.05) is 7.79 Å². The van der Waals surface area contributed by atoms with E-state index in [0.717, 1.165) is 5.56 Å². The zero-order chi connectivity index (χ0) is 15.2. The summed E-state index contributed by atoms with van der Waals surface area (Å²) < 4.78 is 12.2. The summed E-state index contributed by atoms with van der Waals surface area (Å²) in [7, 11) is 0. The second-order valence-electron chi connectivity index (χ2n) is 4.87. The highest BCUT2D eigenvalue weighted by Gasteiger charge is 2.23. The van der Waals surface area contributed by atoms with Crippen LogP contribution in [0.2, 0.25) is 0 Å². The van der Waals surface area contributed by atoms with Crippen LogP contribution < -0.4 is 5.32 Å². The van der Waals surface area contributed by atoms with Crippen molar-refractivity contribution in [3.05, 3.63) is 35.9 Å². The van der Waals surface area contributed by atoms with Gasteiger partial charge in [0.1, 0.15) is 11.6 Å². The second kappa shape index (κ2) is 6.22. The van der Waals surface area contributed by atoms with Crippen LogP contribution in [0.3, 0.4) is 0 Å². The maximum atomic E-state index is 11.6. The molecule has 0 aliphatic carbocycles. The average molecular weight is 266 g/mol. The van der Waals surface area contributed by atoms with E-state index in [2.05, 4.69) is 5.32 Å². The molecule has 5 heteroatoms. The largest absolute Gasteiger partial charge is 0.480 e. The van der Waals surface area contributed by atoms with Gasteiger partial charge in [-0.25, -0.2) is 9.59 Å². The lowest BCUT2D eigenvalue weighted by Gasteiger charge is -2.22. The minimum atomic E-state index is -1.13. The minimum Gasteiger partial charge on any atom is -0.480 e. The highest BCUT2D eigenvalue weighted by molar-refractivity contribution is 5.80. The molecule has 2 N–H and O–H groups in total. The van der Waals surface area contributed by atoms with Crippen LogP contribution in [-0.4, -0.2) is 28.8 Å². The summed E-state index contributed by atoms with van der Waals surface area (Å²) >= 11 is 0. The van der Waals surface area contributed by atoms with Gasteiger partial charge in [-0.15, -0.1) is 0 Å². The topological polar surface area (TPSA) is 75.6 Å². The van der Waals surface area contributed by atoms with E-state index in [-0.39, 0.29) is 13.3 Å². The predicted octanol–water partition coefficient (Wildman–Crippen LogP) is 2.21. The number of carbonyl (C=O) groups excluding carboxylic acids is 1. The molecule has 5 nitrogen and oxygen atoms in total. The van der Waals surface area contributed by atoms with Gasteiger partial charge in [0.2, 0.25) is 0 Å². The third-order valence-corrected chi connectivity index (χ3v) is 2.24. The number of alkyl carbamates (subject to hydrolysis) is 1. The van der Waals surface area contributed by atoms with Crippen LogP contribution in [0.5, 0.6) is 0 Å². The number of aliphatic carboxylic acids is 1. The first-order valence-electron chi connectivity index (χ1n) is 6.60. The second-order valence-corrected chi connectivity index (χ2v) is 4.87. The molecule has 0 heterocycles. The van der Waals surface area contributed by atoms with Gasteiger partial charge in [-0.2, -0.15) is 0 Å². The van der Waals surface area contributed by atoms with E-state index in [1.54, 1.807) is 38.1 Å². The first kappa shape index (κ1) is 13.4. The summed E-state index contributed by atoms with van der Waals surface area (Å²) in [6.45, 7) is 3.08. The molecule has 0 fully saturated rings. The van der Waals surface area contributed by atoms with E-state index in [1.807, 2.05) is 6.07 Å². The number of rotatable bonds is 4. The summed E-state index contributed by atoms with van der Waals surface area (Å²) in [4.78, 5) is 22.8. The standard InChI is InChI=1S/C14H19NO4/c1-14(2,3)19-13(18)15-11(12(16)17)9-10-7-5-4-6-8-10/h4-8,11H,9H2,1-3H3,(H,15,18)(H,16,17)/t11-/m0/s1/i1D. The summed E-state index contributed by atoms with van der Waals surface area (Å²) in [6.07, 6.45) is -0.655. The lowest BCUT2D eigenvalue weighted by molar-refractivity contribution is -0.139. The van der Waals surface area contributed by atoms with Gasteiger partial charge in [0.05, 0.1) is 0 Å². The fourth-order valence-corrected chi connectivity index (χ4v) is 1.47. The first-order valence-corrected chi connectivity index (χ1v) is 5.89. The van der Waals surface area contributed by atoms with Crippen LogP contribution in [0.15, 0.2) is 30.3 Å². The van der Waals surface area contributed by atoms with E-state index in [4.69, 9.17) is 11.2 Å². The quantitative estimate of drug-likeness (QED) is 0.876. The van der Waals surface area contributed by atoms with Gasteiger partial charge in [-0.05, 0) is 26.3 Å². The van der Waals surface area contributed by atoms with Crippen LogP contribution >= 0.6 is 0 Å². The molecule has 0 radical (unpaired) electrons. The molecule has 0 spiro atoms. The van der Waals surface area contributed by atoms with Gasteiger partial charge in [-0.1, -0.05) is 30.3 Å². The Morgan fingerprint density at radius 2 is 2.05 bits per heavy atom. The number of benzene rings is 1. The number of ether oxygens (including phenoxy) is 1. The predicted molar refractivity (Wildman–Crippen MR) is 70.9 cm³/mol. The van der Waals surface area contributed by atoms with Crippen molar-refractivity contribution < 1.29 is 20.8 Å². The summed E-state index contributed by atoms with van der Waals surface area (Å²) in [5.74, 6) is -1.13. The Hall–Kier alpha value is -2.04. The molecule has 1 amide bonds. The normalized spacial score (nSPS) is 13.3. The van der Waals surface area contributed by atoms with Crippen molar-refractivity contribution in [1.82, 2.24) is 5.32 Å². The van der Waals surface area contributed by atoms with E-state index in [1.165, 1.54) is 0 Å². The van der Waals surface area contributed by atoms with Crippen LogP contribution in [0.25, 0.3) is 0 Å². The SMILES string of the molecule is [2H]CC(C)(C)OC(=O)N[C@@H](Cc1ccccc1)C(=O)O. The first-order chi connectivity index (χ1) is 9.34. The molecule has 1 aromatic carbocycles. The Balaban J connectivity index is 2.64. The Labute approximate surface area is 114 Å². The third kappa shape index (κ3) is 5.90. The van der Waals surface area contributed by atoms with Crippen molar-refractivity contribution in [2.45, 2.75) is 38.8 Å². The number of carboxylic acids is 1. The molecule has 0 unspecified atom stereocenters. The highest BCUT2D eigenvalue weighted by Crippen LogP contribution is 2.08. The molecule has 0 bridgehead atoms. The average Bonchev–Trinajstić information content (AvgIpc) is 2.38. The Morgan fingerprint density at radius 3 is 2.58 bits per heavy atom. The number of amides is 1. The van der Waals surface area contributed by atoms with Gasteiger partial charge in [0.25, 0.3) is 0 Å². The van der Waals surface area contributed by atoms with Crippen LogP contribution in [0.4, 0.5) is 4.79 Å². The van der Waals surface area contributed by atoms with Gasteiger partial charge in [-0.3, -0.25) is 0 Å². The highest BCUT2D eigenvalue weighted by atomic mass is 16.6. The monoisotopic (exact) mass is 266 g/mol. The van der Waals surface area contributed by atoms with Gasteiger partial charge < -0.3 is 15.2 Å². The lowest BCUT2D eigenvalue weighted by atomic mass is 10.1. The minimum absolute atomic E-state index is 0.100. The van der Waals surface area contributed by atoms with Crippen molar-refractivity contribution in [2.24, 2.45) is 0 Å². The van der Waals surface area contributed by atoms with Crippen molar-refractivity contribution in [2.75, 3.05) is 0 Å². The van der Waals surface area contributed by atoms with Crippen molar-refractivity contribution in [3.8, 4) is 0 Å². The summed E-state index contributed by atoms with van der Waals surface area (Å²) in [6, 6.07) is 7.95. The molecule has 0 saturated heterocycles. The third-order valence-electron chi connectivity index (χ3n) is 2.24. The molecule has 1 rings (SSSR count). The van der Waals surface area contributed by atoms with Crippen molar-refractivity contribution in [3.63, 3.8) is 0 Å².